The first-order valence-electron chi connectivity index (χ1n) is 6.17. The highest BCUT2D eigenvalue weighted by Crippen LogP contribution is 2.18. The minimum atomic E-state index is -0.400. The molecule has 3 N–H and O–H groups in total. The molecule has 1 fully saturated rings. The Hall–Kier alpha value is -0.320. The second-order valence-corrected chi connectivity index (χ2v) is 5.22. The van der Waals surface area contributed by atoms with Crippen molar-refractivity contribution in [2.45, 2.75) is 51.7 Å². The van der Waals surface area contributed by atoms with E-state index in [1.807, 2.05) is 20.8 Å². The summed E-state index contributed by atoms with van der Waals surface area (Å²) in [6.07, 6.45) is 2.24. The number of aliphatic hydroxyl groups is 1. The molecule has 0 saturated carbocycles. The zero-order valence-corrected chi connectivity index (χ0v) is 11.8. The fraction of sp³-hybridized carbons (Fsp3) is 0.917. The Morgan fingerprint density at radius 2 is 2.18 bits per heavy atom. The van der Waals surface area contributed by atoms with Crippen LogP contribution in [-0.4, -0.2) is 35.7 Å². The summed E-state index contributed by atoms with van der Waals surface area (Å²) in [6.45, 7) is 7.36. The van der Waals surface area contributed by atoms with Gasteiger partial charge in [-0.1, -0.05) is 13.8 Å². The van der Waals surface area contributed by atoms with Crippen LogP contribution in [0.3, 0.4) is 0 Å². The Morgan fingerprint density at radius 1 is 1.53 bits per heavy atom. The maximum absolute atomic E-state index is 11.9. The molecular formula is C12H25ClN2O2. The molecule has 0 spiro atoms. The van der Waals surface area contributed by atoms with Crippen molar-refractivity contribution in [2.75, 3.05) is 13.1 Å². The van der Waals surface area contributed by atoms with E-state index in [0.717, 1.165) is 19.4 Å². The first-order valence-corrected chi connectivity index (χ1v) is 6.17. The number of hydrogen-bond acceptors (Lipinski definition) is 3. The van der Waals surface area contributed by atoms with Crippen LogP contribution in [0.1, 0.15) is 40.0 Å². The van der Waals surface area contributed by atoms with Gasteiger partial charge >= 0.3 is 0 Å². The average molecular weight is 265 g/mol. The van der Waals surface area contributed by atoms with Gasteiger partial charge in [0.2, 0.25) is 5.91 Å². The number of carbonyl (C=O) groups excluding carboxylic acids is 1. The topological polar surface area (TPSA) is 61.4 Å². The molecule has 0 aromatic heterocycles. The molecule has 0 aliphatic carbocycles. The van der Waals surface area contributed by atoms with Crippen LogP contribution in [0.5, 0.6) is 0 Å². The lowest BCUT2D eigenvalue weighted by atomic mass is 9.99. The SMILES string of the molecule is CC(C)C(O)CCNC(=O)C1(C)CCCN1.Cl. The van der Waals surface area contributed by atoms with E-state index in [9.17, 15) is 9.90 Å². The summed E-state index contributed by atoms with van der Waals surface area (Å²) in [5, 5.41) is 15.7. The largest absolute Gasteiger partial charge is 0.393 e. The molecule has 2 unspecified atom stereocenters. The predicted molar refractivity (Wildman–Crippen MR) is 71.4 cm³/mol. The van der Waals surface area contributed by atoms with Crippen LogP contribution in [-0.2, 0) is 4.79 Å². The van der Waals surface area contributed by atoms with Crippen molar-refractivity contribution in [2.24, 2.45) is 5.92 Å². The average Bonchev–Trinajstić information content (AvgIpc) is 2.66. The van der Waals surface area contributed by atoms with Crippen LogP contribution in [0.15, 0.2) is 0 Å². The van der Waals surface area contributed by atoms with E-state index >= 15 is 0 Å². The van der Waals surface area contributed by atoms with Gasteiger partial charge in [0.15, 0.2) is 0 Å². The predicted octanol–water partition coefficient (Wildman–Crippen LogP) is 1.07. The third-order valence-electron chi connectivity index (χ3n) is 3.37. The smallest absolute Gasteiger partial charge is 0.240 e. The van der Waals surface area contributed by atoms with E-state index in [1.165, 1.54) is 0 Å². The van der Waals surface area contributed by atoms with Crippen molar-refractivity contribution in [1.29, 1.82) is 0 Å². The van der Waals surface area contributed by atoms with Crippen molar-refractivity contribution in [3.8, 4) is 0 Å². The van der Waals surface area contributed by atoms with Crippen molar-refractivity contribution in [3.05, 3.63) is 0 Å². The number of carbonyl (C=O) groups is 1. The highest BCUT2D eigenvalue weighted by atomic mass is 35.5. The molecule has 1 aliphatic rings. The second-order valence-electron chi connectivity index (χ2n) is 5.22. The van der Waals surface area contributed by atoms with Gasteiger partial charge < -0.3 is 15.7 Å². The van der Waals surface area contributed by atoms with E-state index in [4.69, 9.17) is 0 Å². The quantitative estimate of drug-likeness (QED) is 0.696. The van der Waals surface area contributed by atoms with Gasteiger partial charge in [-0.05, 0) is 38.6 Å². The zero-order valence-electron chi connectivity index (χ0n) is 11.0. The summed E-state index contributed by atoms with van der Waals surface area (Å²) in [4.78, 5) is 11.9. The second kappa shape index (κ2) is 7.19. The van der Waals surface area contributed by atoms with Crippen LogP contribution in [0.25, 0.3) is 0 Å². The molecule has 0 aromatic carbocycles. The highest BCUT2D eigenvalue weighted by Gasteiger charge is 2.35. The molecule has 2 atom stereocenters. The highest BCUT2D eigenvalue weighted by molar-refractivity contribution is 5.86. The Bertz CT molecular complexity index is 241. The van der Waals surface area contributed by atoms with Gasteiger partial charge in [0.25, 0.3) is 0 Å². The molecule has 0 aromatic rings. The minimum absolute atomic E-state index is 0. The van der Waals surface area contributed by atoms with Crippen molar-refractivity contribution in [3.63, 3.8) is 0 Å². The molecule has 0 bridgehead atoms. The summed E-state index contributed by atoms with van der Waals surface area (Å²) in [7, 11) is 0. The van der Waals surface area contributed by atoms with E-state index < -0.39 is 5.54 Å². The van der Waals surface area contributed by atoms with Crippen LogP contribution < -0.4 is 10.6 Å². The van der Waals surface area contributed by atoms with Crippen molar-refractivity contribution < 1.29 is 9.90 Å². The molecule has 1 aliphatic heterocycles. The molecule has 1 rings (SSSR count). The number of aliphatic hydroxyl groups excluding tert-OH is 1. The lowest BCUT2D eigenvalue weighted by molar-refractivity contribution is -0.126. The number of rotatable bonds is 5. The van der Waals surface area contributed by atoms with Gasteiger partial charge in [0.05, 0.1) is 11.6 Å². The summed E-state index contributed by atoms with van der Waals surface area (Å²) in [5.41, 5.74) is -0.400. The summed E-state index contributed by atoms with van der Waals surface area (Å²) >= 11 is 0. The molecule has 5 heteroatoms. The molecule has 0 radical (unpaired) electrons. The van der Waals surface area contributed by atoms with Crippen LogP contribution in [0, 0.1) is 5.92 Å². The first kappa shape index (κ1) is 16.7. The minimum Gasteiger partial charge on any atom is -0.393 e. The summed E-state index contributed by atoms with van der Waals surface area (Å²) in [5.74, 6) is 0.304. The van der Waals surface area contributed by atoms with E-state index in [2.05, 4.69) is 10.6 Å². The molecule has 1 saturated heterocycles. The fourth-order valence-electron chi connectivity index (χ4n) is 1.95. The lowest BCUT2D eigenvalue weighted by Gasteiger charge is -2.23. The van der Waals surface area contributed by atoms with Crippen molar-refractivity contribution >= 4 is 18.3 Å². The van der Waals surface area contributed by atoms with E-state index in [0.29, 0.717) is 13.0 Å². The number of amides is 1. The monoisotopic (exact) mass is 264 g/mol. The Kier molecular flexibility index (Phi) is 7.05. The molecule has 4 nitrogen and oxygen atoms in total. The molecule has 102 valence electrons. The molecular weight excluding hydrogens is 240 g/mol. The van der Waals surface area contributed by atoms with E-state index in [-0.39, 0.29) is 30.3 Å². The number of nitrogens with one attached hydrogen (secondary N) is 2. The Labute approximate surface area is 110 Å². The van der Waals surface area contributed by atoms with E-state index in [1.54, 1.807) is 0 Å². The van der Waals surface area contributed by atoms with Crippen LogP contribution >= 0.6 is 12.4 Å². The standard InChI is InChI=1S/C12H24N2O2.ClH/c1-9(2)10(15)5-8-13-11(16)12(3)6-4-7-14-12;/h9-10,14-15H,4-8H2,1-3H3,(H,13,16);1H. The van der Waals surface area contributed by atoms with Gasteiger partial charge in [0, 0.05) is 6.54 Å². The Morgan fingerprint density at radius 3 is 2.65 bits per heavy atom. The molecule has 1 amide bonds. The van der Waals surface area contributed by atoms with Gasteiger partial charge in [-0.3, -0.25) is 4.79 Å². The third-order valence-corrected chi connectivity index (χ3v) is 3.37. The van der Waals surface area contributed by atoms with Crippen LogP contribution in [0.4, 0.5) is 0 Å². The van der Waals surface area contributed by atoms with Crippen molar-refractivity contribution in [1.82, 2.24) is 10.6 Å². The van der Waals surface area contributed by atoms with Gasteiger partial charge in [0.1, 0.15) is 0 Å². The van der Waals surface area contributed by atoms with Crippen LogP contribution in [0.2, 0.25) is 0 Å². The maximum atomic E-state index is 11.9. The van der Waals surface area contributed by atoms with Gasteiger partial charge in [-0.15, -0.1) is 12.4 Å². The third kappa shape index (κ3) is 4.82. The van der Waals surface area contributed by atoms with Gasteiger partial charge in [-0.25, -0.2) is 0 Å². The zero-order chi connectivity index (χ0) is 12.2. The maximum Gasteiger partial charge on any atom is 0.240 e. The molecule has 1 heterocycles. The molecule has 17 heavy (non-hydrogen) atoms. The first-order chi connectivity index (χ1) is 7.46. The number of hydrogen-bond donors (Lipinski definition) is 3. The fourth-order valence-corrected chi connectivity index (χ4v) is 1.95. The summed E-state index contributed by atoms with van der Waals surface area (Å²) < 4.78 is 0. The van der Waals surface area contributed by atoms with Gasteiger partial charge in [-0.2, -0.15) is 0 Å². The number of halogens is 1. The normalized spacial score (nSPS) is 25.5. The summed E-state index contributed by atoms with van der Waals surface area (Å²) in [6, 6.07) is 0. The lowest BCUT2D eigenvalue weighted by Crippen LogP contribution is -2.51. The Balaban J connectivity index is 0.00000256.